The summed E-state index contributed by atoms with van der Waals surface area (Å²) in [5.41, 5.74) is 1.05. The number of anilines is 1. The van der Waals surface area contributed by atoms with E-state index in [4.69, 9.17) is 0 Å². The predicted octanol–water partition coefficient (Wildman–Crippen LogP) is 3.55. The molecule has 2 N–H and O–H groups in total. The first-order valence-corrected chi connectivity index (χ1v) is 9.43. The molecule has 0 heterocycles. The van der Waals surface area contributed by atoms with Gasteiger partial charge in [-0.25, -0.2) is 0 Å². The summed E-state index contributed by atoms with van der Waals surface area (Å²) in [6, 6.07) is 12.6. The number of nitrogens with one attached hydrogen (secondary N) is 2. The van der Waals surface area contributed by atoms with E-state index in [0.29, 0.717) is 16.8 Å². The fourth-order valence-corrected chi connectivity index (χ4v) is 2.92. The highest BCUT2D eigenvalue weighted by Gasteiger charge is 2.32. The zero-order valence-electron chi connectivity index (χ0n) is 16.3. The molecule has 1 fully saturated rings. The third kappa shape index (κ3) is 6.48. The van der Waals surface area contributed by atoms with Crippen molar-refractivity contribution in [1.29, 1.82) is 0 Å². The lowest BCUT2D eigenvalue weighted by atomic mass is 10.1. The molecule has 3 rings (SSSR count). The molecule has 1 aliphatic carbocycles. The topological polar surface area (TPSA) is 70.7 Å². The first-order valence-electron chi connectivity index (χ1n) is 9.43. The number of halogens is 3. The van der Waals surface area contributed by atoms with E-state index in [-0.39, 0.29) is 30.8 Å². The molecule has 0 aromatic heterocycles. The van der Waals surface area contributed by atoms with E-state index in [9.17, 15) is 22.8 Å². The zero-order valence-corrected chi connectivity index (χ0v) is 16.3. The molecule has 1 saturated carbocycles. The molecule has 0 saturated heterocycles. The molecule has 2 amide bonds. The van der Waals surface area contributed by atoms with Crippen LogP contribution in [-0.4, -0.2) is 42.7 Å². The van der Waals surface area contributed by atoms with Crippen LogP contribution in [-0.2, 0) is 11.3 Å². The number of likely N-dealkylation sites (N-methyl/N-ethyl adjacent to an activating group) is 1. The average molecular weight is 421 g/mol. The fraction of sp³-hybridized carbons (Fsp3) is 0.333. The average Bonchev–Trinajstić information content (AvgIpc) is 3.46. The minimum atomic E-state index is -4.79. The Labute approximate surface area is 172 Å². The Bertz CT molecular complexity index is 914. The van der Waals surface area contributed by atoms with Crippen LogP contribution >= 0.6 is 0 Å². The quantitative estimate of drug-likeness (QED) is 0.684. The summed E-state index contributed by atoms with van der Waals surface area (Å²) >= 11 is 0. The van der Waals surface area contributed by atoms with Gasteiger partial charge in [-0.15, -0.1) is 13.2 Å². The summed E-state index contributed by atoms with van der Waals surface area (Å²) in [5, 5.41) is 5.58. The van der Waals surface area contributed by atoms with Gasteiger partial charge in [-0.3, -0.25) is 14.5 Å². The van der Waals surface area contributed by atoms with Crippen LogP contribution in [0.2, 0.25) is 0 Å². The maximum atomic E-state index is 12.6. The van der Waals surface area contributed by atoms with Gasteiger partial charge in [0.1, 0.15) is 5.75 Å². The van der Waals surface area contributed by atoms with E-state index in [2.05, 4.69) is 15.4 Å². The Hall–Kier alpha value is -3.07. The highest BCUT2D eigenvalue weighted by Crippen LogP contribution is 2.27. The van der Waals surface area contributed by atoms with Crippen molar-refractivity contribution in [3.63, 3.8) is 0 Å². The number of para-hydroxylation sites is 2. The summed E-state index contributed by atoms with van der Waals surface area (Å²) in [5.74, 6) is -0.947. The molecular formula is C21H22F3N3O3. The first-order chi connectivity index (χ1) is 14.2. The number of rotatable bonds is 8. The van der Waals surface area contributed by atoms with E-state index < -0.39 is 12.3 Å². The van der Waals surface area contributed by atoms with E-state index in [1.807, 2.05) is 0 Å². The van der Waals surface area contributed by atoms with Crippen LogP contribution < -0.4 is 15.4 Å². The van der Waals surface area contributed by atoms with E-state index >= 15 is 0 Å². The highest BCUT2D eigenvalue weighted by atomic mass is 19.4. The molecular weight excluding hydrogens is 399 g/mol. The summed E-state index contributed by atoms with van der Waals surface area (Å²) in [7, 11) is 1.61. The minimum absolute atomic E-state index is 0.0729. The van der Waals surface area contributed by atoms with Gasteiger partial charge in [0.25, 0.3) is 5.91 Å². The Kier molecular flexibility index (Phi) is 6.61. The molecule has 0 atom stereocenters. The second kappa shape index (κ2) is 9.17. The van der Waals surface area contributed by atoms with Gasteiger partial charge >= 0.3 is 6.36 Å². The van der Waals surface area contributed by atoms with Crippen molar-refractivity contribution in [2.24, 2.45) is 0 Å². The van der Waals surface area contributed by atoms with Crippen LogP contribution in [0.4, 0.5) is 18.9 Å². The lowest BCUT2D eigenvalue weighted by Crippen LogP contribution is -2.31. The molecule has 9 heteroatoms. The van der Waals surface area contributed by atoms with Crippen molar-refractivity contribution < 1.29 is 27.5 Å². The van der Waals surface area contributed by atoms with Crippen molar-refractivity contribution >= 4 is 17.5 Å². The Balaban J connectivity index is 1.60. The number of amides is 2. The summed E-state index contributed by atoms with van der Waals surface area (Å²) < 4.78 is 41.7. The molecule has 0 radical (unpaired) electrons. The lowest BCUT2D eigenvalue weighted by Gasteiger charge is -2.19. The van der Waals surface area contributed by atoms with Crippen LogP contribution in [0.3, 0.4) is 0 Å². The second-order valence-corrected chi connectivity index (χ2v) is 7.17. The molecule has 160 valence electrons. The Morgan fingerprint density at radius 3 is 2.47 bits per heavy atom. The van der Waals surface area contributed by atoms with E-state index in [1.54, 1.807) is 42.3 Å². The Morgan fingerprint density at radius 1 is 1.10 bits per heavy atom. The number of nitrogens with zero attached hydrogens (tertiary/aromatic N) is 1. The van der Waals surface area contributed by atoms with Crippen LogP contribution in [0.5, 0.6) is 5.75 Å². The maximum Gasteiger partial charge on any atom is 0.573 e. The van der Waals surface area contributed by atoms with Gasteiger partial charge in [-0.05, 0) is 38.1 Å². The Morgan fingerprint density at radius 2 is 1.77 bits per heavy atom. The molecule has 30 heavy (non-hydrogen) atoms. The summed E-state index contributed by atoms with van der Waals surface area (Å²) in [4.78, 5) is 26.3. The predicted molar refractivity (Wildman–Crippen MR) is 105 cm³/mol. The zero-order chi connectivity index (χ0) is 21.7. The SMILES string of the molecule is CN(CC(=O)Nc1ccccc1C(=O)NC1CC1)Cc1ccccc1OC(F)(F)F. The standard InChI is InChI=1S/C21H22F3N3O3/c1-27(12-14-6-2-5-9-18(14)30-21(22,23)24)13-19(28)26-17-8-4-3-7-16(17)20(29)25-15-10-11-15/h2-9,15H,10-13H2,1H3,(H,25,29)(H,26,28). The molecule has 1 aliphatic rings. The van der Waals surface area contributed by atoms with Crippen molar-refractivity contribution in [3.05, 3.63) is 59.7 Å². The molecule has 0 spiro atoms. The lowest BCUT2D eigenvalue weighted by molar-refractivity contribution is -0.275. The molecule has 2 aromatic rings. The van der Waals surface area contributed by atoms with Crippen molar-refractivity contribution in [2.75, 3.05) is 18.9 Å². The van der Waals surface area contributed by atoms with Crippen LogP contribution in [0, 0.1) is 0 Å². The van der Waals surface area contributed by atoms with Crippen LogP contribution in [0.25, 0.3) is 0 Å². The monoisotopic (exact) mass is 421 g/mol. The summed E-state index contributed by atoms with van der Waals surface area (Å²) in [6.45, 7) is -0.0115. The van der Waals surface area contributed by atoms with Crippen molar-refractivity contribution in [2.45, 2.75) is 31.8 Å². The third-order valence-electron chi connectivity index (χ3n) is 4.41. The van der Waals surface area contributed by atoms with E-state index in [0.717, 1.165) is 12.8 Å². The summed E-state index contributed by atoms with van der Waals surface area (Å²) in [6.07, 6.45) is -2.90. The number of alkyl halides is 3. The second-order valence-electron chi connectivity index (χ2n) is 7.17. The van der Waals surface area contributed by atoms with Gasteiger partial charge in [-0.2, -0.15) is 0 Å². The largest absolute Gasteiger partial charge is 0.573 e. The smallest absolute Gasteiger partial charge is 0.405 e. The number of ether oxygens (including phenoxy) is 1. The number of hydrogen-bond donors (Lipinski definition) is 2. The first kappa shape index (κ1) is 21.6. The highest BCUT2D eigenvalue weighted by molar-refractivity contribution is 6.04. The molecule has 0 aliphatic heterocycles. The van der Waals surface area contributed by atoms with Crippen LogP contribution in [0.15, 0.2) is 48.5 Å². The van der Waals surface area contributed by atoms with Gasteiger partial charge < -0.3 is 15.4 Å². The maximum absolute atomic E-state index is 12.6. The number of hydrogen-bond acceptors (Lipinski definition) is 4. The normalized spacial score (nSPS) is 13.8. The third-order valence-corrected chi connectivity index (χ3v) is 4.41. The van der Waals surface area contributed by atoms with Crippen LogP contribution in [0.1, 0.15) is 28.8 Å². The van der Waals surface area contributed by atoms with E-state index in [1.165, 1.54) is 18.2 Å². The van der Waals surface area contributed by atoms with Gasteiger partial charge in [0.2, 0.25) is 5.91 Å². The molecule has 2 aromatic carbocycles. The van der Waals surface area contributed by atoms with Gasteiger partial charge in [-0.1, -0.05) is 30.3 Å². The van der Waals surface area contributed by atoms with Crippen molar-refractivity contribution in [3.8, 4) is 5.75 Å². The van der Waals surface area contributed by atoms with Gasteiger partial charge in [0.05, 0.1) is 17.8 Å². The molecule has 0 unspecified atom stereocenters. The van der Waals surface area contributed by atoms with Crippen molar-refractivity contribution in [1.82, 2.24) is 10.2 Å². The molecule has 6 nitrogen and oxygen atoms in total. The fourth-order valence-electron chi connectivity index (χ4n) is 2.92. The number of carbonyl (C=O) groups excluding carboxylic acids is 2. The van der Waals surface area contributed by atoms with Gasteiger partial charge in [0.15, 0.2) is 0 Å². The minimum Gasteiger partial charge on any atom is -0.405 e. The number of carbonyl (C=O) groups is 2. The molecule has 0 bridgehead atoms. The number of benzene rings is 2. The van der Waals surface area contributed by atoms with Gasteiger partial charge in [0, 0.05) is 18.2 Å².